The van der Waals surface area contributed by atoms with Crippen molar-refractivity contribution in [3.8, 4) is 0 Å². The van der Waals surface area contributed by atoms with Crippen LogP contribution in [0.15, 0.2) is 0 Å². The second kappa shape index (κ2) is 3.45. The minimum absolute atomic E-state index is 0.519. The van der Waals surface area contributed by atoms with Crippen LogP contribution >= 0.6 is 12.6 Å². The molecule has 0 radical (unpaired) electrons. The van der Waals surface area contributed by atoms with Crippen molar-refractivity contribution in [1.29, 1.82) is 0 Å². The predicted octanol–water partition coefficient (Wildman–Crippen LogP) is 0.710. The summed E-state index contributed by atoms with van der Waals surface area (Å²) in [5, 5.41) is 8.79. The lowest BCUT2D eigenvalue weighted by Crippen LogP contribution is -2.48. The Bertz CT molecular complexity index is 151. The summed E-state index contributed by atoms with van der Waals surface area (Å²) in [6, 6.07) is -0.550. The van der Waals surface area contributed by atoms with Crippen molar-refractivity contribution in [3.05, 3.63) is 0 Å². The number of aliphatic carboxylic acids is 1. The number of hydrogen-bond acceptors (Lipinski definition) is 3. The van der Waals surface area contributed by atoms with Crippen LogP contribution < -0.4 is 0 Å². The predicted molar refractivity (Wildman–Crippen MR) is 48.2 cm³/mol. The Morgan fingerprint density at radius 3 is 1.91 bits per heavy atom. The van der Waals surface area contributed by atoms with Gasteiger partial charge in [-0.3, -0.25) is 9.69 Å². The van der Waals surface area contributed by atoms with Gasteiger partial charge in [-0.1, -0.05) is 0 Å². The van der Waals surface area contributed by atoms with Gasteiger partial charge < -0.3 is 5.11 Å². The topological polar surface area (TPSA) is 40.5 Å². The van der Waals surface area contributed by atoms with Crippen LogP contribution in [0.4, 0.5) is 0 Å². The highest BCUT2D eigenvalue weighted by Crippen LogP contribution is 2.20. The standard InChI is InChI=1S/C7H15NO2S/c1-7(2,11)5(6(9)10)8(3)4/h5,11H,1-4H3,(H,9,10)/t5-/m1/s1. The minimum atomic E-state index is -0.838. The highest BCUT2D eigenvalue weighted by Gasteiger charge is 2.33. The Morgan fingerprint density at radius 2 is 1.91 bits per heavy atom. The maximum Gasteiger partial charge on any atom is 0.322 e. The van der Waals surface area contributed by atoms with Crippen LogP contribution in [0.1, 0.15) is 13.8 Å². The Labute approximate surface area is 72.8 Å². The number of rotatable bonds is 3. The van der Waals surface area contributed by atoms with E-state index in [1.807, 2.05) is 0 Å². The molecule has 0 rings (SSSR count). The number of carboxylic acid groups (broad SMARTS) is 1. The zero-order valence-electron chi connectivity index (χ0n) is 7.33. The second-order valence-electron chi connectivity index (χ2n) is 3.36. The van der Waals surface area contributed by atoms with Gasteiger partial charge in [0.2, 0.25) is 0 Å². The Hall–Kier alpha value is -0.220. The maximum atomic E-state index is 10.7. The molecule has 0 aromatic heterocycles. The van der Waals surface area contributed by atoms with E-state index in [4.69, 9.17) is 5.11 Å². The normalized spacial score (nSPS) is 15.1. The lowest BCUT2D eigenvalue weighted by atomic mass is 10.0. The molecule has 0 amide bonds. The molecule has 0 saturated heterocycles. The summed E-state index contributed by atoms with van der Waals surface area (Å²) in [7, 11) is 3.47. The third kappa shape index (κ3) is 3.12. The fraction of sp³-hybridized carbons (Fsp3) is 0.857. The van der Waals surface area contributed by atoms with E-state index in [0.717, 1.165) is 0 Å². The molecule has 0 spiro atoms. The van der Waals surface area contributed by atoms with Gasteiger partial charge in [0, 0.05) is 4.75 Å². The van der Waals surface area contributed by atoms with Crippen LogP contribution in [0, 0.1) is 0 Å². The summed E-state index contributed by atoms with van der Waals surface area (Å²) < 4.78 is -0.519. The Balaban J connectivity index is 4.49. The van der Waals surface area contributed by atoms with Crippen LogP contribution in [-0.2, 0) is 4.79 Å². The molecule has 0 heterocycles. The first-order chi connectivity index (χ1) is 4.76. The van der Waals surface area contributed by atoms with Gasteiger partial charge in [0.15, 0.2) is 0 Å². The molecule has 11 heavy (non-hydrogen) atoms. The van der Waals surface area contributed by atoms with Crippen LogP contribution in [-0.4, -0.2) is 40.9 Å². The van der Waals surface area contributed by atoms with E-state index in [9.17, 15) is 4.79 Å². The monoisotopic (exact) mass is 177 g/mol. The van der Waals surface area contributed by atoms with Gasteiger partial charge in [-0.15, -0.1) is 0 Å². The smallest absolute Gasteiger partial charge is 0.322 e. The molecule has 0 unspecified atom stereocenters. The lowest BCUT2D eigenvalue weighted by molar-refractivity contribution is -0.143. The zero-order chi connectivity index (χ0) is 9.23. The molecule has 1 atom stereocenters. The number of carboxylic acids is 1. The Morgan fingerprint density at radius 1 is 1.55 bits per heavy atom. The van der Waals surface area contributed by atoms with Gasteiger partial charge in [0.05, 0.1) is 0 Å². The molecule has 0 saturated carbocycles. The molecular weight excluding hydrogens is 162 g/mol. The number of hydrogen-bond donors (Lipinski definition) is 2. The zero-order valence-corrected chi connectivity index (χ0v) is 8.22. The molecule has 1 N–H and O–H groups in total. The fourth-order valence-corrected chi connectivity index (χ4v) is 1.50. The molecule has 0 aliphatic rings. The first-order valence-electron chi connectivity index (χ1n) is 3.38. The molecule has 0 bridgehead atoms. The molecule has 0 aromatic carbocycles. The van der Waals surface area contributed by atoms with Crippen molar-refractivity contribution in [2.24, 2.45) is 0 Å². The van der Waals surface area contributed by atoms with Crippen molar-refractivity contribution >= 4 is 18.6 Å². The Kier molecular flexibility index (Phi) is 3.38. The molecule has 0 aromatic rings. The third-order valence-electron chi connectivity index (χ3n) is 1.42. The first-order valence-corrected chi connectivity index (χ1v) is 3.83. The quantitative estimate of drug-likeness (QED) is 0.624. The summed E-state index contributed by atoms with van der Waals surface area (Å²) in [4.78, 5) is 12.3. The van der Waals surface area contributed by atoms with Gasteiger partial charge in [0.25, 0.3) is 0 Å². The molecule has 3 nitrogen and oxygen atoms in total. The molecule has 4 heteroatoms. The van der Waals surface area contributed by atoms with E-state index in [2.05, 4.69) is 12.6 Å². The van der Waals surface area contributed by atoms with Crippen molar-refractivity contribution in [1.82, 2.24) is 4.90 Å². The number of likely N-dealkylation sites (N-methyl/N-ethyl adjacent to an activating group) is 1. The molecule has 0 fully saturated rings. The maximum absolute atomic E-state index is 10.7. The second-order valence-corrected chi connectivity index (χ2v) is 4.51. The first kappa shape index (κ1) is 10.8. The average Bonchev–Trinajstić information content (AvgIpc) is 1.54. The molecule has 66 valence electrons. The van der Waals surface area contributed by atoms with Gasteiger partial charge in [-0.25, -0.2) is 0 Å². The fourth-order valence-electron chi connectivity index (χ4n) is 1.15. The molecule has 0 aliphatic heterocycles. The molecule has 0 aliphatic carbocycles. The van der Waals surface area contributed by atoms with E-state index in [-0.39, 0.29) is 0 Å². The minimum Gasteiger partial charge on any atom is -0.480 e. The van der Waals surface area contributed by atoms with E-state index in [1.165, 1.54) is 0 Å². The van der Waals surface area contributed by atoms with Gasteiger partial charge in [-0.2, -0.15) is 12.6 Å². The third-order valence-corrected chi connectivity index (χ3v) is 1.66. The van der Waals surface area contributed by atoms with Crippen LogP contribution in [0.2, 0.25) is 0 Å². The highest BCUT2D eigenvalue weighted by atomic mass is 32.1. The summed E-state index contributed by atoms with van der Waals surface area (Å²) >= 11 is 4.21. The highest BCUT2D eigenvalue weighted by molar-refractivity contribution is 7.81. The van der Waals surface area contributed by atoms with Crippen LogP contribution in [0.3, 0.4) is 0 Å². The van der Waals surface area contributed by atoms with E-state index >= 15 is 0 Å². The van der Waals surface area contributed by atoms with Gasteiger partial charge in [0.1, 0.15) is 6.04 Å². The largest absolute Gasteiger partial charge is 0.480 e. The number of nitrogens with zero attached hydrogens (tertiary/aromatic N) is 1. The molecular formula is C7H15NO2S. The summed E-state index contributed by atoms with van der Waals surface area (Å²) in [6.45, 7) is 3.57. The van der Waals surface area contributed by atoms with Crippen LogP contribution in [0.25, 0.3) is 0 Å². The SMILES string of the molecule is CN(C)[C@H](C(=O)O)C(C)(C)S. The van der Waals surface area contributed by atoms with Crippen molar-refractivity contribution < 1.29 is 9.90 Å². The van der Waals surface area contributed by atoms with Crippen LogP contribution in [0.5, 0.6) is 0 Å². The van der Waals surface area contributed by atoms with Gasteiger partial charge in [-0.05, 0) is 27.9 Å². The van der Waals surface area contributed by atoms with E-state index in [0.29, 0.717) is 0 Å². The van der Waals surface area contributed by atoms with Gasteiger partial charge >= 0.3 is 5.97 Å². The van der Waals surface area contributed by atoms with E-state index < -0.39 is 16.8 Å². The number of thiol groups is 1. The van der Waals surface area contributed by atoms with Crippen molar-refractivity contribution in [2.75, 3.05) is 14.1 Å². The van der Waals surface area contributed by atoms with Crippen molar-refractivity contribution in [2.45, 2.75) is 24.6 Å². The number of carbonyl (C=O) groups is 1. The van der Waals surface area contributed by atoms with Crippen molar-refractivity contribution in [3.63, 3.8) is 0 Å². The average molecular weight is 177 g/mol. The summed E-state index contributed by atoms with van der Waals surface area (Å²) in [5.41, 5.74) is 0. The van der Waals surface area contributed by atoms with E-state index in [1.54, 1.807) is 32.8 Å². The summed E-state index contributed by atoms with van der Waals surface area (Å²) in [5.74, 6) is -0.838. The lowest BCUT2D eigenvalue weighted by Gasteiger charge is -2.31. The summed E-state index contributed by atoms with van der Waals surface area (Å²) in [6.07, 6.45) is 0.